The molecule has 1 fully saturated rings. The Bertz CT molecular complexity index is 889. The number of amides is 2. The van der Waals surface area contributed by atoms with E-state index in [0.717, 1.165) is 11.3 Å². The van der Waals surface area contributed by atoms with Crippen LogP contribution in [0.25, 0.3) is 0 Å². The number of benzene rings is 1. The molecule has 0 bridgehead atoms. The number of ether oxygens (including phenoxy) is 1. The van der Waals surface area contributed by atoms with E-state index in [1.54, 1.807) is 16.8 Å². The highest BCUT2D eigenvalue weighted by Gasteiger charge is 2.35. The molecular weight excluding hydrogens is 353 g/mol. The fraction of sp³-hybridized carbons (Fsp3) is 0.389. The van der Waals surface area contributed by atoms with Crippen molar-refractivity contribution in [2.45, 2.75) is 26.1 Å². The SMILES string of the molecule is CC(=O)NCC1COC(=O)N1c1ccc(N2Cc3cn(C)nc3C2)c(F)c1. The first-order valence-electron chi connectivity index (χ1n) is 8.68. The number of carbonyl (C=O) groups excluding carboxylic acids is 2. The van der Waals surface area contributed by atoms with Crippen molar-refractivity contribution in [3.63, 3.8) is 0 Å². The molecule has 3 heterocycles. The molecule has 4 rings (SSSR count). The van der Waals surface area contributed by atoms with Crippen molar-refractivity contribution in [2.24, 2.45) is 7.05 Å². The van der Waals surface area contributed by atoms with E-state index in [1.807, 2.05) is 18.1 Å². The highest BCUT2D eigenvalue weighted by atomic mass is 19.1. The first-order valence-corrected chi connectivity index (χ1v) is 8.68. The molecule has 2 amide bonds. The Morgan fingerprint density at radius 3 is 2.93 bits per heavy atom. The van der Waals surface area contributed by atoms with Gasteiger partial charge in [0, 0.05) is 38.8 Å². The smallest absolute Gasteiger partial charge is 0.414 e. The van der Waals surface area contributed by atoms with Crippen LogP contribution in [-0.4, -0.2) is 41.0 Å². The molecule has 8 nitrogen and oxygen atoms in total. The highest BCUT2D eigenvalue weighted by Crippen LogP contribution is 2.33. The monoisotopic (exact) mass is 373 g/mol. The largest absolute Gasteiger partial charge is 0.447 e. The number of anilines is 2. The summed E-state index contributed by atoms with van der Waals surface area (Å²) in [6.45, 7) is 2.94. The second-order valence-corrected chi connectivity index (χ2v) is 6.80. The van der Waals surface area contributed by atoms with Crippen molar-refractivity contribution in [1.29, 1.82) is 0 Å². The average molecular weight is 373 g/mol. The number of nitrogens with zero attached hydrogens (tertiary/aromatic N) is 4. The van der Waals surface area contributed by atoms with Crippen molar-refractivity contribution < 1.29 is 18.7 Å². The molecule has 0 aliphatic carbocycles. The lowest BCUT2D eigenvalue weighted by Crippen LogP contribution is -2.42. The normalized spacial score (nSPS) is 18.6. The Labute approximate surface area is 155 Å². The van der Waals surface area contributed by atoms with Gasteiger partial charge in [-0.25, -0.2) is 9.18 Å². The lowest BCUT2D eigenvalue weighted by atomic mass is 10.2. The van der Waals surface area contributed by atoms with Gasteiger partial charge in [0.25, 0.3) is 0 Å². The van der Waals surface area contributed by atoms with Crippen molar-refractivity contribution in [3.05, 3.63) is 41.5 Å². The maximum atomic E-state index is 14.8. The molecule has 1 aromatic carbocycles. The standard InChI is InChI=1S/C18H20FN5O3/c1-11(25)20-6-14-10-27-18(26)24(14)13-3-4-17(15(19)5-13)23-8-12-7-22(2)21-16(12)9-23/h3-5,7,14H,6,8-10H2,1-2H3,(H,20,25). The number of carbonyl (C=O) groups is 2. The zero-order valence-electron chi connectivity index (χ0n) is 15.1. The minimum absolute atomic E-state index is 0.149. The van der Waals surface area contributed by atoms with E-state index in [2.05, 4.69) is 10.4 Å². The van der Waals surface area contributed by atoms with E-state index < -0.39 is 11.9 Å². The summed E-state index contributed by atoms with van der Waals surface area (Å²) in [5.74, 6) is -0.613. The zero-order chi connectivity index (χ0) is 19.1. The van der Waals surface area contributed by atoms with Gasteiger partial charge in [-0.2, -0.15) is 5.10 Å². The number of hydrogen-bond acceptors (Lipinski definition) is 5. The topological polar surface area (TPSA) is 79.7 Å². The van der Waals surface area contributed by atoms with Crippen LogP contribution >= 0.6 is 0 Å². The fourth-order valence-corrected chi connectivity index (χ4v) is 3.55. The van der Waals surface area contributed by atoms with Gasteiger partial charge in [-0.1, -0.05) is 0 Å². The molecule has 27 heavy (non-hydrogen) atoms. The van der Waals surface area contributed by atoms with Gasteiger partial charge in [-0.05, 0) is 18.2 Å². The van der Waals surface area contributed by atoms with Crippen LogP contribution in [0, 0.1) is 5.82 Å². The fourth-order valence-electron chi connectivity index (χ4n) is 3.55. The summed E-state index contributed by atoms with van der Waals surface area (Å²) in [5, 5.41) is 7.05. The first-order chi connectivity index (χ1) is 12.9. The van der Waals surface area contributed by atoms with Crippen molar-refractivity contribution >= 4 is 23.4 Å². The van der Waals surface area contributed by atoms with Crippen LogP contribution in [0.15, 0.2) is 24.4 Å². The van der Waals surface area contributed by atoms with Crippen LogP contribution in [-0.2, 0) is 29.7 Å². The summed E-state index contributed by atoms with van der Waals surface area (Å²) in [6.07, 6.45) is 1.39. The summed E-state index contributed by atoms with van der Waals surface area (Å²) >= 11 is 0. The number of fused-ring (bicyclic) bond motifs is 1. The second-order valence-electron chi connectivity index (χ2n) is 6.80. The molecule has 0 spiro atoms. The third-order valence-corrected chi connectivity index (χ3v) is 4.79. The van der Waals surface area contributed by atoms with Gasteiger partial charge in [-0.3, -0.25) is 14.4 Å². The van der Waals surface area contributed by atoms with Crippen molar-refractivity contribution in [2.75, 3.05) is 23.0 Å². The maximum Gasteiger partial charge on any atom is 0.414 e. The minimum atomic E-state index is -0.546. The molecule has 1 saturated heterocycles. The predicted octanol–water partition coefficient (Wildman–Crippen LogP) is 1.54. The molecule has 0 radical (unpaired) electrons. The number of cyclic esters (lactones) is 1. The zero-order valence-corrected chi connectivity index (χ0v) is 15.1. The van der Waals surface area contributed by atoms with Crippen LogP contribution in [0.4, 0.5) is 20.6 Å². The van der Waals surface area contributed by atoms with Gasteiger partial charge in [0.2, 0.25) is 5.91 Å². The van der Waals surface area contributed by atoms with Gasteiger partial charge in [0.15, 0.2) is 0 Å². The second kappa shape index (κ2) is 6.57. The number of halogens is 1. The summed E-state index contributed by atoms with van der Waals surface area (Å²) in [7, 11) is 1.87. The Morgan fingerprint density at radius 1 is 1.41 bits per heavy atom. The third kappa shape index (κ3) is 3.20. The Kier molecular flexibility index (Phi) is 4.21. The Hall–Kier alpha value is -3.10. The van der Waals surface area contributed by atoms with E-state index in [1.165, 1.54) is 17.9 Å². The van der Waals surface area contributed by atoms with Gasteiger partial charge in [-0.15, -0.1) is 0 Å². The number of rotatable bonds is 4. The summed E-state index contributed by atoms with van der Waals surface area (Å²) in [4.78, 5) is 26.5. The molecule has 1 unspecified atom stereocenters. The Morgan fingerprint density at radius 2 is 2.22 bits per heavy atom. The van der Waals surface area contributed by atoms with E-state index in [0.29, 0.717) is 24.5 Å². The van der Waals surface area contributed by atoms with Crippen molar-refractivity contribution in [3.8, 4) is 0 Å². The highest BCUT2D eigenvalue weighted by molar-refractivity contribution is 5.90. The number of aromatic nitrogens is 2. The molecule has 9 heteroatoms. The maximum absolute atomic E-state index is 14.8. The molecule has 142 valence electrons. The summed E-state index contributed by atoms with van der Waals surface area (Å²) in [5.41, 5.74) is 2.90. The number of hydrogen-bond donors (Lipinski definition) is 1. The van der Waals surface area contributed by atoms with Crippen molar-refractivity contribution in [1.82, 2.24) is 15.1 Å². The molecule has 1 atom stereocenters. The van der Waals surface area contributed by atoms with E-state index in [9.17, 15) is 14.0 Å². The van der Waals surface area contributed by atoms with Crippen LogP contribution in [0.2, 0.25) is 0 Å². The van der Waals surface area contributed by atoms with E-state index >= 15 is 0 Å². The lowest BCUT2D eigenvalue weighted by molar-refractivity contribution is -0.119. The van der Waals surface area contributed by atoms with E-state index in [4.69, 9.17) is 4.74 Å². The summed E-state index contributed by atoms with van der Waals surface area (Å²) in [6, 6.07) is 4.33. The molecule has 0 saturated carbocycles. The molecule has 2 aliphatic rings. The Balaban J connectivity index is 1.53. The summed E-state index contributed by atoms with van der Waals surface area (Å²) < 4.78 is 21.6. The average Bonchev–Trinajstić information content (AvgIpc) is 3.25. The van der Waals surface area contributed by atoms with Crippen LogP contribution in [0.3, 0.4) is 0 Å². The first kappa shape index (κ1) is 17.3. The van der Waals surface area contributed by atoms with E-state index in [-0.39, 0.29) is 25.1 Å². The molecule has 2 aliphatic heterocycles. The molecule has 1 N–H and O–H groups in total. The van der Waals surface area contributed by atoms with Crippen LogP contribution in [0.5, 0.6) is 0 Å². The quantitative estimate of drug-likeness (QED) is 0.880. The van der Waals surface area contributed by atoms with Gasteiger partial charge in [0.05, 0.1) is 29.7 Å². The predicted molar refractivity (Wildman–Crippen MR) is 95.8 cm³/mol. The van der Waals surface area contributed by atoms with Gasteiger partial charge in [0.1, 0.15) is 12.4 Å². The number of nitrogens with one attached hydrogen (secondary N) is 1. The van der Waals surface area contributed by atoms with Gasteiger partial charge >= 0.3 is 6.09 Å². The van der Waals surface area contributed by atoms with Crippen LogP contribution < -0.4 is 15.1 Å². The molecular formula is C18H20FN5O3. The third-order valence-electron chi connectivity index (χ3n) is 4.79. The lowest BCUT2D eigenvalue weighted by Gasteiger charge is -2.24. The van der Waals surface area contributed by atoms with Crippen LogP contribution in [0.1, 0.15) is 18.2 Å². The minimum Gasteiger partial charge on any atom is -0.447 e. The van der Waals surface area contributed by atoms with Gasteiger partial charge < -0.3 is 15.0 Å². The number of aryl methyl sites for hydroxylation is 1. The molecule has 1 aromatic heterocycles. The molecule has 2 aromatic rings.